The molecule has 1 aliphatic rings. The number of carbonyl (C=O) groups is 1. The highest BCUT2D eigenvalue weighted by Crippen LogP contribution is 2.26. The standard InChI is InChI=1S/C12H14ClNO3/c1-17-11-6-8(2-3-10(11)13)12(16)14-5-4-9(15)7-14/h2-3,6,9,15H,4-5,7H2,1H3/t9-/m1/s1. The molecular weight excluding hydrogens is 242 g/mol. The topological polar surface area (TPSA) is 49.8 Å². The number of amides is 1. The minimum Gasteiger partial charge on any atom is -0.495 e. The summed E-state index contributed by atoms with van der Waals surface area (Å²) in [5.41, 5.74) is 0.528. The monoisotopic (exact) mass is 255 g/mol. The number of nitrogens with zero attached hydrogens (tertiary/aromatic N) is 1. The van der Waals surface area contributed by atoms with Crippen LogP contribution >= 0.6 is 11.6 Å². The fourth-order valence-corrected chi connectivity index (χ4v) is 2.10. The van der Waals surface area contributed by atoms with Gasteiger partial charge < -0.3 is 14.7 Å². The average molecular weight is 256 g/mol. The number of aliphatic hydroxyl groups is 1. The molecule has 0 spiro atoms. The Labute approximate surface area is 105 Å². The van der Waals surface area contributed by atoms with Crippen LogP contribution in [0.2, 0.25) is 5.02 Å². The lowest BCUT2D eigenvalue weighted by Crippen LogP contribution is -2.29. The van der Waals surface area contributed by atoms with Crippen molar-refractivity contribution < 1.29 is 14.6 Å². The van der Waals surface area contributed by atoms with Crippen LogP contribution in [-0.2, 0) is 0 Å². The van der Waals surface area contributed by atoms with Crippen LogP contribution in [0.1, 0.15) is 16.8 Å². The maximum absolute atomic E-state index is 12.1. The lowest BCUT2D eigenvalue weighted by atomic mass is 10.2. The molecule has 5 heteroatoms. The normalized spacial score (nSPS) is 19.5. The Bertz CT molecular complexity index is 436. The summed E-state index contributed by atoms with van der Waals surface area (Å²) in [5, 5.41) is 9.88. The van der Waals surface area contributed by atoms with Crippen molar-refractivity contribution in [3.05, 3.63) is 28.8 Å². The number of benzene rings is 1. The minimum absolute atomic E-state index is 0.100. The quantitative estimate of drug-likeness (QED) is 0.873. The molecule has 1 fully saturated rings. The van der Waals surface area contributed by atoms with E-state index in [0.717, 1.165) is 0 Å². The molecule has 1 aliphatic heterocycles. The lowest BCUT2D eigenvalue weighted by Gasteiger charge is -2.16. The molecule has 0 radical (unpaired) electrons. The molecule has 1 saturated heterocycles. The third kappa shape index (κ3) is 2.53. The number of carbonyl (C=O) groups excluding carboxylic acids is 1. The molecule has 0 aliphatic carbocycles. The highest BCUT2D eigenvalue weighted by atomic mass is 35.5. The smallest absolute Gasteiger partial charge is 0.254 e. The first-order valence-corrected chi connectivity index (χ1v) is 5.80. The summed E-state index contributed by atoms with van der Waals surface area (Å²) in [7, 11) is 1.51. The average Bonchev–Trinajstić information content (AvgIpc) is 2.75. The first kappa shape index (κ1) is 12.2. The van der Waals surface area contributed by atoms with E-state index in [2.05, 4.69) is 0 Å². The Morgan fingerprint density at radius 1 is 1.59 bits per heavy atom. The second kappa shape index (κ2) is 4.94. The van der Waals surface area contributed by atoms with Crippen molar-refractivity contribution in [2.75, 3.05) is 20.2 Å². The first-order chi connectivity index (χ1) is 8.11. The van der Waals surface area contributed by atoms with Crippen LogP contribution in [0.4, 0.5) is 0 Å². The third-order valence-electron chi connectivity index (χ3n) is 2.85. The molecule has 92 valence electrons. The maximum Gasteiger partial charge on any atom is 0.254 e. The van der Waals surface area contributed by atoms with Gasteiger partial charge in [-0.2, -0.15) is 0 Å². The van der Waals surface area contributed by atoms with Gasteiger partial charge in [0.05, 0.1) is 18.2 Å². The molecule has 0 saturated carbocycles. The van der Waals surface area contributed by atoms with E-state index < -0.39 is 6.10 Å². The SMILES string of the molecule is COc1cc(C(=O)N2CC[C@@H](O)C2)ccc1Cl. The number of ether oxygens (including phenoxy) is 1. The number of likely N-dealkylation sites (tertiary alicyclic amines) is 1. The zero-order chi connectivity index (χ0) is 12.4. The van der Waals surface area contributed by atoms with Crippen molar-refractivity contribution in [3.8, 4) is 5.75 Å². The van der Waals surface area contributed by atoms with Crippen LogP contribution in [0.5, 0.6) is 5.75 Å². The van der Waals surface area contributed by atoms with Gasteiger partial charge in [-0.3, -0.25) is 4.79 Å². The van der Waals surface area contributed by atoms with Gasteiger partial charge in [-0.1, -0.05) is 11.6 Å². The zero-order valence-corrected chi connectivity index (χ0v) is 10.3. The predicted octanol–water partition coefficient (Wildman–Crippen LogP) is 1.56. The number of β-amino-alcohol motifs (C(OH)–C–C–N with tert-alkyl or cyclic N) is 1. The van der Waals surface area contributed by atoms with Crippen molar-refractivity contribution in [1.82, 2.24) is 4.90 Å². The molecule has 0 unspecified atom stereocenters. The lowest BCUT2D eigenvalue weighted by molar-refractivity contribution is 0.0764. The third-order valence-corrected chi connectivity index (χ3v) is 3.16. The highest BCUT2D eigenvalue weighted by Gasteiger charge is 2.25. The van der Waals surface area contributed by atoms with E-state index in [1.807, 2.05) is 0 Å². The summed E-state index contributed by atoms with van der Waals surface area (Å²) >= 11 is 5.89. The number of halogens is 1. The van der Waals surface area contributed by atoms with Crippen LogP contribution in [0.15, 0.2) is 18.2 Å². The van der Waals surface area contributed by atoms with Crippen molar-refractivity contribution >= 4 is 17.5 Å². The van der Waals surface area contributed by atoms with Gasteiger partial charge in [0.2, 0.25) is 0 Å². The van der Waals surface area contributed by atoms with Gasteiger partial charge >= 0.3 is 0 Å². The summed E-state index contributed by atoms with van der Waals surface area (Å²) in [6, 6.07) is 4.92. The summed E-state index contributed by atoms with van der Waals surface area (Å²) in [6.45, 7) is 0.981. The number of methoxy groups -OCH3 is 1. The van der Waals surface area contributed by atoms with E-state index in [1.54, 1.807) is 23.1 Å². The van der Waals surface area contributed by atoms with E-state index >= 15 is 0 Å². The van der Waals surface area contributed by atoms with Crippen molar-refractivity contribution in [1.29, 1.82) is 0 Å². The minimum atomic E-state index is -0.409. The van der Waals surface area contributed by atoms with Crippen LogP contribution < -0.4 is 4.74 Å². The molecule has 1 aromatic carbocycles. The van der Waals surface area contributed by atoms with Gasteiger partial charge in [-0.05, 0) is 24.6 Å². The van der Waals surface area contributed by atoms with E-state index in [-0.39, 0.29) is 5.91 Å². The van der Waals surface area contributed by atoms with Gasteiger partial charge in [-0.15, -0.1) is 0 Å². The van der Waals surface area contributed by atoms with Crippen molar-refractivity contribution in [2.45, 2.75) is 12.5 Å². The van der Waals surface area contributed by atoms with Crippen LogP contribution in [-0.4, -0.2) is 42.2 Å². The van der Waals surface area contributed by atoms with Gasteiger partial charge in [0.1, 0.15) is 5.75 Å². The Morgan fingerprint density at radius 3 is 2.94 bits per heavy atom. The Hall–Kier alpha value is -1.26. The van der Waals surface area contributed by atoms with Crippen LogP contribution in [0, 0.1) is 0 Å². The van der Waals surface area contributed by atoms with Gasteiger partial charge in [0, 0.05) is 18.7 Å². The van der Waals surface area contributed by atoms with Crippen molar-refractivity contribution in [2.24, 2.45) is 0 Å². The number of hydrogen-bond acceptors (Lipinski definition) is 3. The van der Waals surface area contributed by atoms with Crippen LogP contribution in [0.25, 0.3) is 0 Å². The molecule has 1 heterocycles. The predicted molar refractivity (Wildman–Crippen MR) is 64.5 cm³/mol. The fraction of sp³-hybridized carbons (Fsp3) is 0.417. The Morgan fingerprint density at radius 2 is 2.35 bits per heavy atom. The van der Waals surface area contributed by atoms with E-state index in [4.69, 9.17) is 16.3 Å². The summed E-state index contributed by atoms with van der Waals surface area (Å²) in [6.07, 6.45) is 0.226. The molecule has 1 amide bonds. The van der Waals surface area contributed by atoms with Gasteiger partial charge in [0.15, 0.2) is 0 Å². The largest absolute Gasteiger partial charge is 0.495 e. The molecule has 1 aromatic rings. The fourth-order valence-electron chi connectivity index (χ4n) is 1.90. The Balaban J connectivity index is 2.19. The second-order valence-electron chi connectivity index (χ2n) is 4.04. The van der Waals surface area contributed by atoms with E-state index in [1.165, 1.54) is 7.11 Å². The van der Waals surface area contributed by atoms with E-state index in [0.29, 0.717) is 35.8 Å². The summed E-state index contributed by atoms with van der Waals surface area (Å²) < 4.78 is 5.07. The van der Waals surface area contributed by atoms with Crippen molar-refractivity contribution in [3.63, 3.8) is 0 Å². The molecule has 4 nitrogen and oxygen atoms in total. The summed E-state index contributed by atoms with van der Waals surface area (Å²) in [4.78, 5) is 13.7. The molecule has 1 N–H and O–H groups in total. The van der Waals surface area contributed by atoms with Gasteiger partial charge in [-0.25, -0.2) is 0 Å². The second-order valence-corrected chi connectivity index (χ2v) is 4.45. The molecule has 1 atom stereocenters. The molecule has 0 bridgehead atoms. The molecule has 2 rings (SSSR count). The molecule has 0 aromatic heterocycles. The maximum atomic E-state index is 12.1. The Kier molecular flexibility index (Phi) is 3.54. The van der Waals surface area contributed by atoms with Gasteiger partial charge in [0.25, 0.3) is 5.91 Å². The number of hydrogen-bond donors (Lipinski definition) is 1. The zero-order valence-electron chi connectivity index (χ0n) is 9.52. The van der Waals surface area contributed by atoms with E-state index in [9.17, 15) is 9.90 Å². The molecular formula is C12H14ClNO3. The number of rotatable bonds is 2. The number of aliphatic hydroxyl groups excluding tert-OH is 1. The molecule has 17 heavy (non-hydrogen) atoms. The first-order valence-electron chi connectivity index (χ1n) is 5.42. The highest BCUT2D eigenvalue weighted by molar-refractivity contribution is 6.32. The van der Waals surface area contributed by atoms with Crippen LogP contribution in [0.3, 0.4) is 0 Å². The summed E-state index contributed by atoms with van der Waals surface area (Å²) in [5.74, 6) is 0.383.